The molecule has 238 valence electrons. The van der Waals surface area contributed by atoms with Gasteiger partial charge in [-0.1, -0.05) is 115 Å². The summed E-state index contributed by atoms with van der Waals surface area (Å²) in [7, 11) is 0. The van der Waals surface area contributed by atoms with Crippen molar-refractivity contribution in [3.63, 3.8) is 0 Å². The van der Waals surface area contributed by atoms with Crippen LogP contribution in [0.15, 0.2) is 167 Å². The second-order valence-electron chi connectivity index (χ2n) is 12.8. The van der Waals surface area contributed by atoms with Crippen LogP contribution in [0.2, 0.25) is 0 Å². The summed E-state index contributed by atoms with van der Waals surface area (Å²) in [6.45, 7) is 0. The van der Waals surface area contributed by atoms with Gasteiger partial charge in [0.1, 0.15) is 22.3 Å². The molecule has 0 saturated carbocycles. The lowest BCUT2D eigenvalue weighted by atomic mass is 10.0. The highest BCUT2D eigenvalue weighted by Crippen LogP contribution is 2.39. The molecule has 6 nitrogen and oxygen atoms in total. The number of hydrogen-bond acceptors (Lipinski definition) is 5. The molecule has 0 aliphatic carbocycles. The Hall–Kier alpha value is -7.05. The molecule has 0 N–H and O–H groups in total. The first kappa shape index (κ1) is 27.9. The maximum atomic E-state index is 6.49. The van der Waals surface area contributed by atoms with Crippen molar-refractivity contribution in [2.45, 2.75) is 0 Å². The number of furan rings is 2. The third kappa shape index (κ3) is 4.26. The zero-order valence-electron chi connectivity index (χ0n) is 27.1. The molecule has 6 heteroatoms. The minimum Gasteiger partial charge on any atom is -0.456 e. The number of nitrogens with zero attached hydrogens (tertiary/aromatic N) is 4. The van der Waals surface area contributed by atoms with Crippen molar-refractivity contribution in [3.8, 4) is 39.9 Å². The number of fused-ring (bicyclic) bond motifs is 9. The maximum absolute atomic E-state index is 6.49. The number of benzene rings is 7. The highest BCUT2D eigenvalue weighted by Gasteiger charge is 2.22. The Morgan fingerprint density at radius 2 is 1.02 bits per heavy atom. The largest absolute Gasteiger partial charge is 0.456 e. The summed E-state index contributed by atoms with van der Waals surface area (Å²) in [5.41, 5.74) is 9.15. The minimum absolute atomic E-state index is 0.520. The molecule has 0 atom stereocenters. The quantitative estimate of drug-likeness (QED) is 0.189. The molecule has 4 aromatic heterocycles. The zero-order chi connectivity index (χ0) is 33.5. The molecule has 7 aromatic carbocycles. The van der Waals surface area contributed by atoms with Crippen molar-refractivity contribution >= 4 is 65.7 Å². The van der Waals surface area contributed by atoms with E-state index in [9.17, 15) is 0 Å². The van der Waals surface area contributed by atoms with Crippen LogP contribution < -0.4 is 0 Å². The Bertz CT molecular complexity index is 3150. The molecule has 11 rings (SSSR count). The van der Waals surface area contributed by atoms with E-state index in [1.54, 1.807) is 0 Å². The summed E-state index contributed by atoms with van der Waals surface area (Å²) in [5, 5.41) is 6.33. The Morgan fingerprint density at radius 1 is 0.373 bits per heavy atom. The van der Waals surface area contributed by atoms with E-state index in [1.165, 1.54) is 0 Å². The van der Waals surface area contributed by atoms with Crippen LogP contribution in [0.1, 0.15) is 0 Å². The summed E-state index contributed by atoms with van der Waals surface area (Å²) in [6.07, 6.45) is 0. The number of aromatic nitrogens is 4. The predicted octanol–water partition coefficient (Wildman–Crippen LogP) is 11.8. The minimum atomic E-state index is 0.520. The van der Waals surface area contributed by atoms with E-state index < -0.39 is 0 Å². The average molecular weight is 655 g/mol. The van der Waals surface area contributed by atoms with Gasteiger partial charge in [-0.2, -0.15) is 9.97 Å². The molecular weight excluding hydrogens is 629 g/mol. The van der Waals surface area contributed by atoms with Gasteiger partial charge in [-0.3, -0.25) is 4.57 Å². The molecule has 11 aromatic rings. The van der Waals surface area contributed by atoms with E-state index in [4.69, 9.17) is 23.8 Å². The number of hydrogen-bond donors (Lipinski definition) is 0. The lowest BCUT2D eigenvalue weighted by molar-refractivity contribution is 0.669. The lowest BCUT2D eigenvalue weighted by Gasteiger charge is -2.12. The second kappa shape index (κ2) is 10.7. The monoisotopic (exact) mass is 654 g/mol. The molecule has 4 heterocycles. The summed E-state index contributed by atoms with van der Waals surface area (Å²) < 4.78 is 15.0. The van der Waals surface area contributed by atoms with Gasteiger partial charge < -0.3 is 8.83 Å². The Morgan fingerprint density at radius 3 is 1.88 bits per heavy atom. The number of rotatable bonds is 4. The fraction of sp³-hybridized carbons (Fsp3) is 0. The van der Waals surface area contributed by atoms with Crippen molar-refractivity contribution in [2.75, 3.05) is 0 Å². The molecule has 51 heavy (non-hydrogen) atoms. The number of para-hydroxylation sites is 4. The van der Waals surface area contributed by atoms with Crippen molar-refractivity contribution in [2.24, 2.45) is 0 Å². The molecule has 0 radical (unpaired) electrons. The first-order valence-electron chi connectivity index (χ1n) is 16.9. The Labute approximate surface area is 290 Å². The van der Waals surface area contributed by atoms with E-state index in [0.717, 1.165) is 87.9 Å². The van der Waals surface area contributed by atoms with Gasteiger partial charge in [0.05, 0.1) is 16.6 Å². The van der Waals surface area contributed by atoms with Crippen LogP contribution in [-0.2, 0) is 0 Å². The van der Waals surface area contributed by atoms with Crippen LogP contribution in [0.5, 0.6) is 0 Å². The van der Waals surface area contributed by atoms with Gasteiger partial charge in [-0.25, -0.2) is 4.98 Å². The van der Waals surface area contributed by atoms with E-state index in [2.05, 4.69) is 108 Å². The molecule has 0 saturated heterocycles. The Kier molecular flexibility index (Phi) is 5.86. The van der Waals surface area contributed by atoms with Gasteiger partial charge in [-0.15, -0.1) is 0 Å². The normalized spacial score (nSPS) is 11.9. The third-order valence-corrected chi connectivity index (χ3v) is 9.87. The smallest absolute Gasteiger partial charge is 0.238 e. The summed E-state index contributed by atoms with van der Waals surface area (Å²) >= 11 is 0. The molecule has 0 fully saturated rings. The van der Waals surface area contributed by atoms with Crippen molar-refractivity contribution in [3.05, 3.63) is 158 Å². The van der Waals surface area contributed by atoms with E-state index in [0.29, 0.717) is 17.6 Å². The lowest BCUT2D eigenvalue weighted by Crippen LogP contribution is -2.06. The molecule has 0 aliphatic rings. The maximum Gasteiger partial charge on any atom is 0.238 e. The first-order valence-corrected chi connectivity index (χ1v) is 16.9. The van der Waals surface area contributed by atoms with Crippen LogP contribution in [0.4, 0.5) is 0 Å². The fourth-order valence-corrected chi connectivity index (χ4v) is 7.51. The van der Waals surface area contributed by atoms with Crippen molar-refractivity contribution in [1.82, 2.24) is 19.5 Å². The van der Waals surface area contributed by atoms with E-state index in [-0.39, 0.29) is 0 Å². The molecule has 0 bridgehead atoms. The molecule has 0 amide bonds. The van der Waals surface area contributed by atoms with Gasteiger partial charge in [0.25, 0.3) is 0 Å². The van der Waals surface area contributed by atoms with Crippen LogP contribution in [-0.4, -0.2) is 19.5 Å². The van der Waals surface area contributed by atoms with Crippen LogP contribution in [0.3, 0.4) is 0 Å². The standard InChI is InChI=1S/C45H26N4O2/c1-2-12-27(13-3-1)28-14-10-15-29(24-28)43-46-44(34-20-11-19-33-31-17-5-9-23-40(31)51-42(33)34)48-45(47-43)49-37-21-7-4-16-30(37)35-26-41-36(25-38(35)49)32-18-6-8-22-39(32)50-41/h1-26H. The van der Waals surface area contributed by atoms with Gasteiger partial charge in [0.15, 0.2) is 11.6 Å². The van der Waals surface area contributed by atoms with Gasteiger partial charge >= 0.3 is 0 Å². The van der Waals surface area contributed by atoms with Crippen LogP contribution in [0.25, 0.3) is 106 Å². The Balaban J connectivity index is 1.22. The predicted molar refractivity (Wildman–Crippen MR) is 205 cm³/mol. The SMILES string of the molecule is c1ccc(-c2cccc(-c3nc(-c4cccc5c4oc4ccccc45)nc(-n4c5ccccc5c5cc6oc7ccccc7c6cc54)n3)c2)cc1. The highest BCUT2D eigenvalue weighted by atomic mass is 16.3. The summed E-state index contributed by atoms with van der Waals surface area (Å²) in [4.78, 5) is 15.7. The fourth-order valence-electron chi connectivity index (χ4n) is 7.51. The molecule has 0 unspecified atom stereocenters. The third-order valence-electron chi connectivity index (χ3n) is 9.87. The molecule has 0 aliphatic heterocycles. The van der Waals surface area contributed by atoms with Gasteiger partial charge in [-0.05, 0) is 53.6 Å². The first-order chi connectivity index (χ1) is 25.3. The van der Waals surface area contributed by atoms with Gasteiger partial charge in [0, 0.05) is 37.9 Å². The summed E-state index contributed by atoms with van der Waals surface area (Å²) in [6, 6.07) is 53.9. The average Bonchev–Trinajstić information content (AvgIpc) is 3.86. The summed E-state index contributed by atoms with van der Waals surface area (Å²) in [5.74, 6) is 1.62. The molecular formula is C45H26N4O2. The zero-order valence-corrected chi connectivity index (χ0v) is 27.1. The van der Waals surface area contributed by atoms with E-state index in [1.807, 2.05) is 54.6 Å². The topological polar surface area (TPSA) is 69.9 Å². The second-order valence-corrected chi connectivity index (χ2v) is 12.8. The van der Waals surface area contributed by atoms with Crippen molar-refractivity contribution < 1.29 is 8.83 Å². The molecule has 0 spiro atoms. The van der Waals surface area contributed by atoms with E-state index >= 15 is 0 Å². The van der Waals surface area contributed by atoms with Crippen molar-refractivity contribution in [1.29, 1.82) is 0 Å². The van der Waals surface area contributed by atoms with Gasteiger partial charge in [0.2, 0.25) is 5.95 Å². The van der Waals surface area contributed by atoms with Crippen LogP contribution >= 0.6 is 0 Å². The van der Waals surface area contributed by atoms with Crippen LogP contribution in [0, 0.1) is 0 Å². The highest BCUT2D eigenvalue weighted by molar-refractivity contribution is 6.17.